The number of aromatic nitrogens is 1. The molecule has 0 radical (unpaired) electrons. The van der Waals surface area contributed by atoms with Crippen LogP contribution in [0.5, 0.6) is 0 Å². The van der Waals surface area contributed by atoms with E-state index in [1.807, 2.05) is 0 Å². The topological polar surface area (TPSA) is 38.9 Å². The normalized spacial score (nSPS) is 18.7. The summed E-state index contributed by atoms with van der Waals surface area (Å²) in [4.78, 5) is 6.06. The van der Waals surface area contributed by atoms with Crippen molar-refractivity contribution in [3.63, 3.8) is 0 Å². The predicted octanol–water partition coefficient (Wildman–Crippen LogP) is 3.83. The zero-order chi connectivity index (χ0) is 12.5. The fourth-order valence-electron chi connectivity index (χ4n) is 2.36. The molecule has 18 heavy (non-hydrogen) atoms. The van der Waals surface area contributed by atoms with E-state index in [2.05, 4.69) is 40.2 Å². The Balaban J connectivity index is 1.83. The largest absolute Gasteiger partial charge is 0.323 e. The van der Waals surface area contributed by atoms with Gasteiger partial charge in [-0.05, 0) is 37.0 Å². The molecule has 1 atom stereocenters. The van der Waals surface area contributed by atoms with Crippen LogP contribution in [0.15, 0.2) is 28.7 Å². The molecular formula is C14H15BrN2S. The molecule has 1 unspecified atom stereocenters. The van der Waals surface area contributed by atoms with E-state index in [0.29, 0.717) is 0 Å². The summed E-state index contributed by atoms with van der Waals surface area (Å²) < 4.78 is 1.12. The van der Waals surface area contributed by atoms with E-state index in [1.54, 1.807) is 11.3 Å². The molecule has 2 N–H and O–H groups in total. The van der Waals surface area contributed by atoms with E-state index in [-0.39, 0.29) is 6.04 Å². The number of hydrogen-bond donors (Lipinski definition) is 1. The number of nitrogens with zero attached hydrogens (tertiary/aromatic N) is 1. The van der Waals surface area contributed by atoms with Crippen LogP contribution in [0.3, 0.4) is 0 Å². The summed E-state index contributed by atoms with van der Waals surface area (Å²) >= 11 is 5.25. The van der Waals surface area contributed by atoms with E-state index < -0.39 is 0 Å². The number of halogens is 1. The second kappa shape index (κ2) is 5.11. The van der Waals surface area contributed by atoms with Crippen LogP contribution in [-0.4, -0.2) is 4.98 Å². The number of rotatable bonds is 2. The van der Waals surface area contributed by atoms with E-state index >= 15 is 0 Å². The molecular weight excluding hydrogens is 308 g/mol. The summed E-state index contributed by atoms with van der Waals surface area (Å²) in [6, 6.07) is 8.66. The van der Waals surface area contributed by atoms with Crippen molar-refractivity contribution >= 4 is 27.3 Å². The molecule has 94 valence electrons. The molecule has 4 heteroatoms. The molecule has 1 aliphatic rings. The Morgan fingerprint density at radius 1 is 1.33 bits per heavy atom. The lowest BCUT2D eigenvalue weighted by Crippen LogP contribution is -2.15. The zero-order valence-corrected chi connectivity index (χ0v) is 12.4. The SMILES string of the molecule is NC1CCCc2nc(Cc3ccc(Br)cc3)sc21. The molecule has 1 aromatic heterocycles. The van der Waals surface area contributed by atoms with E-state index in [4.69, 9.17) is 10.7 Å². The summed E-state index contributed by atoms with van der Waals surface area (Å²) in [7, 11) is 0. The third-order valence-electron chi connectivity index (χ3n) is 3.31. The smallest absolute Gasteiger partial charge is 0.0975 e. The zero-order valence-electron chi connectivity index (χ0n) is 10.0. The van der Waals surface area contributed by atoms with Gasteiger partial charge in [0.15, 0.2) is 0 Å². The van der Waals surface area contributed by atoms with Gasteiger partial charge < -0.3 is 5.73 Å². The molecule has 0 aliphatic heterocycles. The van der Waals surface area contributed by atoms with Crippen LogP contribution in [0.4, 0.5) is 0 Å². The molecule has 1 aliphatic carbocycles. The van der Waals surface area contributed by atoms with Crippen molar-refractivity contribution in [2.45, 2.75) is 31.7 Å². The van der Waals surface area contributed by atoms with Gasteiger partial charge in [-0.3, -0.25) is 0 Å². The van der Waals surface area contributed by atoms with E-state index in [0.717, 1.165) is 23.7 Å². The number of fused-ring (bicyclic) bond motifs is 1. The Morgan fingerprint density at radius 3 is 2.83 bits per heavy atom. The highest BCUT2D eigenvalue weighted by Crippen LogP contribution is 2.33. The van der Waals surface area contributed by atoms with Gasteiger partial charge in [-0.15, -0.1) is 11.3 Å². The average molecular weight is 323 g/mol. The first-order valence-electron chi connectivity index (χ1n) is 6.21. The summed E-state index contributed by atoms with van der Waals surface area (Å²) in [5, 5.41) is 1.19. The van der Waals surface area contributed by atoms with Gasteiger partial charge in [-0.1, -0.05) is 28.1 Å². The molecule has 0 bridgehead atoms. The molecule has 2 nitrogen and oxygen atoms in total. The second-order valence-electron chi connectivity index (χ2n) is 4.72. The van der Waals surface area contributed by atoms with Gasteiger partial charge in [0.1, 0.15) is 0 Å². The first-order valence-corrected chi connectivity index (χ1v) is 7.82. The number of hydrogen-bond acceptors (Lipinski definition) is 3. The number of benzene rings is 1. The van der Waals surface area contributed by atoms with Crippen LogP contribution in [0.25, 0.3) is 0 Å². The second-order valence-corrected chi connectivity index (χ2v) is 6.75. The van der Waals surface area contributed by atoms with Crippen molar-refractivity contribution < 1.29 is 0 Å². The standard InChI is InChI=1S/C14H15BrN2S/c15-10-6-4-9(5-7-10)8-13-17-12-3-1-2-11(16)14(12)18-13/h4-7,11H,1-3,8,16H2. The third-order valence-corrected chi connectivity index (χ3v) is 5.06. The van der Waals surface area contributed by atoms with Crippen LogP contribution in [0, 0.1) is 0 Å². The maximum atomic E-state index is 6.14. The Morgan fingerprint density at radius 2 is 2.11 bits per heavy atom. The van der Waals surface area contributed by atoms with Crippen LogP contribution in [-0.2, 0) is 12.8 Å². The van der Waals surface area contributed by atoms with Crippen LogP contribution < -0.4 is 5.73 Å². The quantitative estimate of drug-likeness (QED) is 0.912. The molecule has 0 spiro atoms. The highest BCUT2D eigenvalue weighted by Gasteiger charge is 2.21. The van der Waals surface area contributed by atoms with Gasteiger partial charge in [0, 0.05) is 21.8 Å². The average Bonchev–Trinajstić information content (AvgIpc) is 2.76. The Hall–Kier alpha value is -0.710. The molecule has 0 saturated carbocycles. The highest BCUT2D eigenvalue weighted by molar-refractivity contribution is 9.10. The Bertz CT molecular complexity index is 547. The van der Waals surface area contributed by atoms with Gasteiger partial charge in [0.05, 0.1) is 10.7 Å². The number of nitrogens with two attached hydrogens (primary N) is 1. The van der Waals surface area contributed by atoms with Gasteiger partial charge in [0.25, 0.3) is 0 Å². The molecule has 0 amide bonds. The first-order chi connectivity index (χ1) is 8.72. The van der Waals surface area contributed by atoms with Crippen LogP contribution in [0.1, 0.15) is 40.0 Å². The first kappa shape index (κ1) is 12.3. The van der Waals surface area contributed by atoms with Crippen LogP contribution in [0.2, 0.25) is 0 Å². The lowest BCUT2D eigenvalue weighted by Gasteiger charge is -2.15. The molecule has 2 aromatic rings. The molecule has 3 rings (SSSR count). The van der Waals surface area contributed by atoms with E-state index in [9.17, 15) is 0 Å². The molecule has 0 fully saturated rings. The number of aryl methyl sites for hydroxylation is 1. The van der Waals surface area contributed by atoms with Gasteiger partial charge >= 0.3 is 0 Å². The summed E-state index contributed by atoms with van der Waals surface area (Å²) in [5.74, 6) is 0. The fourth-order valence-corrected chi connectivity index (χ4v) is 3.80. The van der Waals surface area contributed by atoms with Crippen molar-refractivity contribution in [3.05, 3.63) is 49.9 Å². The minimum absolute atomic E-state index is 0.213. The van der Waals surface area contributed by atoms with Crippen molar-refractivity contribution in [1.82, 2.24) is 4.98 Å². The van der Waals surface area contributed by atoms with E-state index in [1.165, 1.54) is 27.6 Å². The van der Waals surface area contributed by atoms with Crippen molar-refractivity contribution in [2.24, 2.45) is 5.73 Å². The maximum absolute atomic E-state index is 6.14. The van der Waals surface area contributed by atoms with Crippen molar-refractivity contribution in [2.75, 3.05) is 0 Å². The lowest BCUT2D eigenvalue weighted by atomic mass is 9.99. The molecule has 1 aromatic carbocycles. The minimum atomic E-state index is 0.213. The van der Waals surface area contributed by atoms with Gasteiger partial charge in [-0.2, -0.15) is 0 Å². The highest BCUT2D eigenvalue weighted by atomic mass is 79.9. The minimum Gasteiger partial charge on any atom is -0.323 e. The molecule has 0 saturated heterocycles. The Labute approximate surface area is 119 Å². The third kappa shape index (κ3) is 2.51. The maximum Gasteiger partial charge on any atom is 0.0975 e. The number of thiazole rings is 1. The monoisotopic (exact) mass is 322 g/mol. The van der Waals surface area contributed by atoms with Crippen molar-refractivity contribution in [3.8, 4) is 0 Å². The van der Waals surface area contributed by atoms with Gasteiger partial charge in [-0.25, -0.2) is 4.98 Å². The molecule has 1 heterocycles. The lowest BCUT2D eigenvalue weighted by molar-refractivity contribution is 0.573. The van der Waals surface area contributed by atoms with Crippen LogP contribution >= 0.6 is 27.3 Å². The van der Waals surface area contributed by atoms with Gasteiger partial charge in [0.2, 0.25) is 0 Å². The Kier molecular flexibility index (Phi) is 3.50. The summed E-state index contributed by atoms with van der Waals surface area (Å²) in [5.41, 5.74) is 8.68. The fraction of sp³-hybridized carbons (Fsp3) is 0.357. The van der Waals surface area contributed by atoms with Crippen molar-refractivity contribution in [1.29, 1.82) is 0 Å². The predicted molar refractivity (Wildman–Crippen MR) is 78.9 cm³/mol. The summed E-state index contributed by atoms with van der Waals surface area (Å²) in [6.07, 6.45) is 4.29. The summed E-state index contributed by atoms with van der Waals surface area (Å²) in [6.45, 7) is 0.